The lowest BCUT2D eigenvalue weighted by atomic mass is 10.1. The normalized spacial score (nSPS) is 13.9. The van der Waals surface area contributed by atoms with E-state index in [2.05, 4.69) is 21.2 Å². The Morgan fingerprint density at radius 3 is 2.65 bits per heavy atom. The van der Waals surface area contributed by atoms with Crippen LogP contribution in [-0.2, 0) is 4.79 Å². The number of nitrogens with two attached hydrogens (primary N) is 1. The third-order valence-electron chi connectivity index (χ3n) is 2.38. The number of carbonyl (C=O) groups excluding carboxylic acids is 1. The van der Waals surface area contributed by atoms with Gasteiger partial charge in [0.05, 0.1) is 0 Å². The number of halogens is 1. The largest absolute Gasteiger partial charge is 0.481 e. The number of hydrogen-bond acceptors (Lipinski definition) is 3. The van der Waals surface area contributed by atoms with Gasteiger partial charge >= 0.3 is 0 Å². The Kier molecular flexibility index (Phi) is 4.96. The summed E-state index contributed by atoms with van der Waals surface area (Å²) in [7, 11) is 1.58. The lowest BCUT2D eigenvalue weighted by molar-refractivity contribution is -0.126. The first-order valence-corrected chi connectivity index (χ1v) is 6.18. The molecule has 0 aliphatic heterocycles. The molecule has 1 rings (SSSR count). The van der Waals surface area contributed by atoms with Crippen molar-refractivity contribution >= 4 is 21.8 Å². The van der Waals surface area contributed by atoms with Gasteiger partial charge in [-0.25, -0.2) is 0 Å². The monoisotopic (exact) mass is 300 g/mol. The molecule has 0 heterocycles. The molecule has 0 saturated heterocycles. The maximum atomic E-state index is 11.4. The Bertz CT molecular complexity index is 407. The second-order valence-corrected chi connectivity index (χ2v) is 4.76. The van der Waals surface area contributed by atoms with Crippen LogP contribution in [0.5, 0.6) is 5.75 Å². The summed E-state index contributed by atoms with van der Waals surface area (Å²) in [5.74, 6) is 0.475. The lowest BCUT2D eigenvalue weighted by Gasteiger charge is -2.18. The Labute approximate surface area is 110 Å². The van der Waals surface area contributed by atoms with E-state index < -0.39 is 6.10 Å². The van der Waals surface area contributed by atoms with Gasteiger partial charge < -0.3 is 15.8 Å². The molecule has 5 heteroatoms. The predicted octanol–water partition coefficient (Wildman–Crippen LogP) is 1.98. The summed E-state index contributed by atoms with van der Waals surface area (Å²) in [5, 5.41) is 2.54. The van der Waals surface area contributed by atoms with Gasteiger partial charge in [0.25, 0.3) is 5.91 Å². The fourth-order valence-electron chi connectivity index (χ4n) is 1.43. The number of likely N-dealkylation sites (N-methyl/N-ethyl adjacent to an activating group) is 1. The molecule has 0 aliphatic carbocycles. The van der Waals surface area contributed by atoms with Crippen molar-refractivity contribution in [3.8, 4) is 5.75 Å². The van der Waals surface area contributed by atoms with Crippen molar-refractivity contribution in [3.63, 3.8) is 0 Å². The molecule has 0 radical (unpaired) electrons. The minimum atomic E-state index is -0.543. The maximum Gasteiger partial charge on any atom is 0.260 e. The molecule has 4 nitrogen and oxygen atoms in total. The fraction of sp³-hybridized carbons (Fsp3) is 0.417. The Morgan fingerprint density at radius 1 is 1.47 bits per heavy atom. The predicted molar refractivity (Wildman–Crippen MR) is 70.9 cm³/mol. The molecular formula is C12H17BrN2O2. The lowest BCUT2D eigenvalue weighted by Crippen LogP contribution is -2.34. The maximum absolute atomic E-state index is 11.4. The van der Waals surface area contributed by atoms with E-state index >= 15 is 0 Å². The molecule has 0 bridgehead atoms. The van der Waals surface area contributed by atoms with Gasteiger partial charge in [-0.3, -0.25) is 4.79 Å². The summed E-state index contributed by atoms with van der Waals surface area (Å²) in [6.07, 6.45) is -0.543. The van der Waals surface area contributed by atoms with E-state index in [4.69, 9.17) is 10.5 Å². The fourth-order valence-corrected chi connectivity index (χ4v) is 1.81. The Hall–Kier alpha value is -1.07. The van der Waals surface area contributed by atoms with Crippen LogP contribution in [0.25, 0.3) is 0 Å². The van der Waals surface area contributed by atoms with Crippen LogP contribution in [0.4, 0.5) is 0 Å². The van der Waals surface area contributed by atoms with Crippen LogP contribution in [-0.4, -0.2) is 19.1 Å². The summed E-state index contributed by atoms with van der Waals surface area (Å²) in [6, 6.07) is 5.41. The Balaban J connectivity index is 2.94. The van der Waals surface area contributed by atoms with Crippen LogP contribution >= 0.6 is 15.9 Å². The number of rotatable bonds is 4. The van der Waals surface area contributed by atoms with Crippen LogP contribution < -0.4 is 15.8 Å². The smallest absolute Gasteiger partial charge is 0.260 e. The molecular weight excluding hydrogens is 284 g/mol. The molecule has 2 unspecified atom stereocenters. The highest BCUT2D eigenvalue weighted by Gasteiger charge is 2.16. The first-order valence-electron chi connectivity index (χ1n) is 5.39. The number of amides is 1. The van der Waals surface area contributed by atoms with Gasteiger partial charge in [-0.2, -0.15) is 0 Å². The van der Waals surface area contributed by atoms with E-state index in [1.807, 2.05) is 25.1 Å². The minimum absolute atomic E-state index is 0.153. The SMILES string of the molecule is CNC(=O)C(C)Oc1ccc(Br)cc1C(C)N. The van der Waals surface area contributed by atoms with Crippen molar-refractivity contribution in [2.75, 3.05) is 7.05 Å². The molecule has 1 amide bonds. The summed E-state index contributed by atoms with van der Waals surface area (Å²) < 4.78 is 6.54. The van der Waals surface area contributed by atoms with Crippen LogP contribution in [0.15, 0.2) is 22.7 Å². The standard InChI is InChI=1S/C12H17BrN2O2/c1-7(14)10-6-9(13)4-5-11(10)17-8(2)12(16)15-3/h4-8H,14H2,1-3H3,(H,15,16). The van der Waals surface area contributed by atoms with Crippen molar-refractivity contribution in [2.24, 2.45) is 5.73 Å². The molecule has 0 saturated carbocycles. The highest BCUT2D eigenvalue weighted by molar-refractivity contribution is 9.10. The van der Waals surface area contributed by atoms with Crippen molar-refractivity contribution < 1.29 is 9.53 Å². The molecule has 1 aromatic rings. The van der Waals surface area contributed by atoms with Gasteiger partial charge in [-0.05, 0) is 32.0 Å². The number of ether oxygens (including phenoxy) is 1. The third kappa shape index (κ3) is 3.71. The van der Waals surface area contributed by atoms with Gasteiger partial charge in [-0.15, -0.1) is 0 Å². The molecule has 1 aromatic carbocycles. The quantitative estimate of drug-likeness (QED) is 0.894. The molecule has 0 fully saturated rings. The van der Waals surface area contributed by atoms with Gasteiger partial charge in [-0.1, -0.05) is 15.9 Å². The third-order valence-corrected chi connectivity index (χ3v) is 2.88. The highest BCUT2D eigenvalue weighted by Crippen LogP contribution is 2.28. The average Bonchev–Trinajstić information content (AvgIpc) is 2.29. The first-order chi connectivity index (χ1) is 7.95. The van der Waals surface area contributed by atoms with Crippen molar-refractivity contribution in [3.05, 3.63) is 28.2 Å². The van der Waals surface area contributed by atoms with E-state index in [0.717, 1.165) is 10.0 Å². The van der Waals surface area contributed by atoms with Crippen molar-refractivity contribution in [1.29, 1.82) is 0 Å². The summed E-state index contributed by atoms with van der Waals surface area (Å²) in [6.45, 7) is 3.57. The number of hydrogen-bond donors (Lipinski definition) is 2. The van der Waals surface area contributed by atoms with Crippen molar-refractivity contribution in [1.82, 2.24) is 5.32 Å². The second kappa shape index (κ2) is 6.02. The molecule has 94 valence electrons. The van der Waals surface area contributed by atoms with Crippen molar-refractivity contribution in [2.45, 2.75) is 26.0 Å². The number of benzene rings is 1. The molecule has 17 heavy (non-hydrogen) atoms. The van der Waals surface area contributed by atoms with Crippen LogP contribution in [0.1, 0.15) is 25.5 Å². The molecule has 0 aliphatic rings. The van der Waals surface area contributed by atoms with Crippen LogP contribution in [0.3, 0.4) is 0 Å². The van der Waals surface area contributed by atoms with E-state index in [9.17, 15) is 4.79 Å². The van der Waals surface area contributed by atoms with Gasteiger partial charge in [0.1, 0.15) is 5.75 Å². The number of nitrogens with one attached hydrogen (secondary N) is 1. The topological polar surface area (TPSA) is 64.3 Å². The zero-order valence-electron chi connectivity index (χ0n) is 10.2. The Morgan fingerprint density at radius 2 is 2.12 bits per heavy atom. The summed E-state index contributed by atoms with van der Waals surface area (Å²) in [4.78, 5) is 11.4. The van der Waals surface area contributed by atoms with Gasteiger partial charge in [0.15, 0.2) is 6.10 Å². The molecule has 0 spiro atoms. The van der Waals surface area contributed by atoms with E-state index in [1.165, 1.54) is 0 Å². The molecule has 2 atom stereocenters. The number of carbonyl (C=O) groups is 1. The van der Waals surface area contributed by atoms with E-state index in [-0.39, 0.29) is 11.9 Å². The zero-order valence-corrected chi connectivity index (χ0v) is 11.7. The summed E-state index contributed by atoms with van der Waals surface area (Å²) >= 11 is 3.38. The zero-order chi connectivity index (χ0) is 13.0. The van der Waals surface area contributed by atoms with Crippen LogP contribution in [0.2, 0.25) is 0 Å². The highest BCUT2D eigenvalue weighted by atomic mass is 79.9. The second-order valence-electron chi connectivity index (χ2n) is 3.85. The van der Waals surface area contributed by atoms with E-state index in [0.29, 0.717) is 5.75 Å². The van der Waals surface area contributed by atoms with E-state index in [1.54, 1.807) is 14.0 Å². The van der Waals surface area contributed by atoms with Crippen LogP contribution in [0, 0.1) is 0 Å². The summed E-state index contributed by atoms with van der Waals surface area (Å²) in [5.41, 5.74) is 6.74. The molecule has 0 aromatic heterocycles. The first kappa shape index (κ1) is 14.0. The van der Waals surface area contributed by atoms with Gasteiger partial charge in [0.2, 0.25) is 0 Å². The minimum Gasteiger partial charge on any atom is -0.481 e. The van der Waals surface area contributed by atoms with Gasteiger partial charge in [0, 0.05) is 23.1 Å². The molecule has 3 N–H and O–H groups in total. The average molecular weight is 301 g/mol.